The van der Waals surface area contributed by atoms with E-state index in [1.165, 1.54) is 77.0 Å². The average Bonchev–Trinajstić information content (AvgIpc) is 2.51. The van der Waals surface area contributed by atoms with Crippen molar-refractivity contribution in [2.24, 2.45) is 5.92 Å². The Kier molecular flexibility index (Phi) is 22.8. The summed E-state index contributed by atoms with van der Waals surface area (Å²) < 4.78 is 0. The molecule has 0 aliphatic rings. The van der Waals surface area contributed by atoms with Crippen molar-refractivity contribution in [3.05, 3.63) is 0 Å². The van der Waals surface area contributed by atoms with Gasteiger partial charge in [-0.3, -0.25) is 0 Å². The molecule has 0 bridgehead atoms. The molecule has 0 unspecified atom stereocenters. The van der Waals surface area contributed by atoms with E-state index >= 15 is 0 Å². The summed E-state index contributed by atoms with van der Waals surface area (Å²) in [5.41, 5.74) is 0. The third kappa shape index (κ3) is 15.8. The molecular weight excluding hydrogens is 330 g/mol. The summed E-state index contributed by atoms with van der Waals surface area (Å²) in [7, 11) is 0.371. The zero-order chi connectivity index (χ0) is 15.8. The minimum Gasteiger partial charge on any atom is -0.107 e. The summed E-state index contributed by atoms with van der Waals surface area (Å²) in [5, 5.41) is 0. The molecule has 0 N–H and O–H groups in total. The van der Waals surface area contributed by atoms with E-state index in [-0.39, 0.29) is 16.5 Å². The van der Waals surface area contributed by atoms with Gasteiger partial charge in [-0.05, 0) is 43.7 Å². The van der Waals surface area contributed by atoms with E-state index in [0.29, 0.717) is 7.92 Å². The van der Waals surface area contributed by atoms with Gasteiger partial charge in [0.15, 0.2) is 0 Å². The first-order chi connectivity index (χ1) is 10.3. The Balaban J connectivity index is 0. The monoisotopic (exact) mass is 372 g/mol. The van der Waals surface area contributed by atoms with Crippen molar-refractivity contribution in [2.75, 3.05) is 18.5 Å². The van der Waals surface area contributed by atoms with Gasteiger partial charge in [-0.1, -0.05) is 85.5 Å². The van der Waals surface area contributed by atoms with E-state index in [1.807, 2.05) is 0 Å². The van der Waals surface area contributed by atoms with Gasteiger partial charge in [-0.15, -0.1) is 7.92 Å². The van der Waals surface area contributed by atoms with E-state index < -0.39 is 0 Å². The van der Waals surface area contributed by atoms with Gasteiger partial charge in [0.1, 0.15) is 0 Å². The molecule has 2 heteroatoms. The predicted octanol–water partition coefficient (Wildman–Crippen LogP) is 7.84. The van der Waals surface area contributed by atoms with Crippen molar-refractivity contribution in [3.63, 3.8) is 0 Å². The maximum Gasteiger partial charge on any atom is 0 e. The normalized spacial score (nSPS) is 11.2. The Labute approximate surface area is 153 Å². The zero-order valence-corrected chi connectivity index (χ0v) is 17.8. The Hall–Kier alpha value is 0.924. The Morgan fingerprint density at radius 1 is 0.545 bits per heavy atom. The molecule has 0 aliphatic heterocycles. The van der Waals surface area contributed by atoms with Crippen LogP contribution in [-0.2, 0) is 16.5 Å². The van der Waals surface area contributed by atoms with Gasteiger partial charge >= 0.3 is 0 Å². The van der Waals surface area contributed by atoms with Crippen LogP contribution in [0.1, 0.15) is 105 Å². The predicted molar refractivity (Wildman–Crippen MR) is 103 cm³/mol. The van der Waals surface area contributed by atoms with Crippen LogP contribution in [-0.4, -0.2) is 18.5 Å². The Bertz CT molecular complexity index is 160. The van der Waals surface area contributed by atoms with Crippen molar-refractivity contribution in [1.82, 2.24) is 0 Å². The molecule has 0 amide bonds. The third-order valence-electron chi connectivity index (χ3n) is 4.67. The van der Waals surface area contributed by atoms with E-state index in [0.717, 1.165) is 5.92 Å². The van der Waals surface area contributed by atoms with Gasteiger partial charge in [0.05, 0.1) is 0 Å². The van der Waals surface area contributed by atoms with Gasteiger partial charge in [0.25, 0.3) is 0 Å². The van der Waals surface area contributed by atoms with Crippen LogP contribution >= 0.6 is 7.92 Å². The molecular formula is C20H43NiP. The zero-order valence-electron chi connectivity index (χ0n) is 15.9. The quantitative estimate of drug-likeness (QED) is 0.191. The molecule has 0 saturated heterocycles. The fourth-order valence-corrected chi connectivity index (χ4v) is 5.95. The Morgan fingerprint density at radius 2 is 0.909 bits per heavy atom. The summed E-state index contributed by atoms with van der Waals surface area (Å²) in [4.78, 5) is 0. The fraction of sp³-hybridized carbons (Fsp3) is 1.00. The van der Waals surface area contributed by atoms with Crippen molar-refractivity contribution in [2.45, 2.75) is 105 Å². The standard InChI is InChI=1S/C20H43P.Ni/c1-5-9-14-20(15-10-6-2)16-13-19-21(17-11-7-3)18-12-8-4;/h20H,5-19H2,1-4H3;. The van der Waals surface area contributed by atoms with E-state index in [4.69, 9.17) is 0 Å². The molecule has 0 fully saturated rings. The van der Waals surface area contributed by atoms with E-state index in [2.05, 4.69) is 27.7 Å². The largest absolute Gasteiger partial charge is 0.107 e. The molecule has 0 atom stereocenters. The first kappa shape index (κ1) is 25.2. The molecule has 0 aromatic rings. The smallest absolute Gasteiger partial charge is 0 e. The molecule has 22 heavy (non-hydrogen) atoms. The molecule has 138 valence electrons. The van der Waals surface area contributed by atoms with Crippen LogP contribution in [0.4, 0.5) is 0 Å². The van der Waals surface area contributed by atoms with Crippen molar-refractivity contribution in [1.29, 1.82) is 0 Å². The number of rotatable bonds is 16. The van der Waals surface area contributed by atoms with Crippen LogP contribution in [0.5, 0.6) is 0 Å². The first-order valence-corrected chi connectivity index (χ1v) is 11.9. The van der Waals surface area contributed by atoms with Crippen LogP contribution in [0.25, 0.3) is 0 Å². The van der Waals surface area contributed by atoms with Crippen LogP contribution in [0.3, 0.4) is 0 Å². The van der Waals surface area contributed by atoms with Gasteiger partial charge in [0.2, 0.25) is 0 Å². The SMILES string of the molecule is CCCCC(CCCC)CCCP(CCCC)CCCC.[Ni]. The summed E-state index contributed by atoms with van der Waals surface area (Å²) >= 11 is 0. The number of hydrogen-bond donors (Lipinski definition) is 0. The van der Waals surface area contributed by atoms with Gasteiger partial charge in [-0.25, -0.2) is 0 Å². The minimum atomic E-state index is 0. The van der Waals surface area contributed by atoms with Crippen molar-refractivity contribution in [3.8, 4) is 0 Å². The second-order valence-corrected chi connectivity index (χ2v) is 9.52. The summed E-state index contributed by atoms with van der Waals surface area (Å²) in [5.74, 6) is 1.04. The second-order valence-electron chi connectivity index (χ2n) is 6.84. The third-order valence-corrected chi connectivity index (χ3v) is 7.52. The molecule has 0 aromatic heterocycles. The molecule has 0 heterocycles. The minimum absolute atomic E-state index is 0. The van der Waals surface area contributed by atoms with Gasteiger partial charge in [-0.2, -0.15) is 0 Å². The molecule has 0 aromatic carbocycles. The van der Waals surface area contributed by atoms with Crippen LogP contribution < -0.4 is 0 Å². The van der Waals surface area contributed by atoms with Crippen LogP contribution in [0, 0.1) is 5.92 Å². The molecule has 0 saturated carbocycles. The van der Waals surface area contributed by atoms with Gasteiger partial charge < -0.3 is 0 Å². The molecule has 0 spiro atoms. The fourth-order valence-electron chi connectivity index (χ4n) is 3.12. The van der Waals surface area contributed by atoms with Crippen molar-refractivity contribution < 1.29 is 16.5 Å². The first-order valence-electron chi connectivity index (χ1n) is 10.0. The Morgan fingerprint density at radius 3 is 1.32 bits per heavy atom. The van der Waals surface area contributed by atoms with E-state index in [9.17, 15) is 0 Å². The molecule has 0 rings (SSSR count). The summed E-state index contributed by atoms with van der Waals surface area (Å²) in [6, 6.07) is 0. The molecule has 0 aliphatic carbocycles. The molecule has 0 radical (unpaired) electrons. The van der Waals surface area contributed by atoms with Crippen LogP contribution in [0.2, 0.25) is 0 Å². The van der Waals surface area contributed by atoms with E-state index in [1.54, 1.807) is 18.5 Å². The number of unbranched alkanes of at least 4 members (excludes halogenated alkanes) is 4. The van der Waals surface area contributed by atoms with Crippen LogP contribution in [0.15, 0.2) is 0 Å². The maximum atomic E-state index is 2.35. The number of hydrogen-bond acceptors (Lipinski definition) is 0. The second kappa shape index (κ2) is 20.0. The molecule has 0 nitrogen and oxygen atoms in total. The summed E-state index contributed by atoms with van der Waals surface area (Å²) in [6.07, 6.45) is 22.1. The average molecular weight is 373 g/mol. The summed E-state index contributed by atoms with van der Waals surface area (Å²) in [6.45, 7) is 9.37. The van der Waals surface area contributed by atoms with Crippen molar-refractivity contribution >= 4 is 7.92 Å². The maximum absolute atomic E-state index is 2.35. The topological polar surface area (TPSA) is 0 Å². The van der Waals surface area contributed by atoms with Gasteiger partial charge in [0, 0.05) is 16.5 Å².